The van der Waals surface area contributed by atoms with E-state index in [1.165, 1.54) is 18.6 Å². The van der Waals surface area contributed by atoms with E-state index in [2.05, 4.69) is 35.8 Å². The third-order valence-corrected chi connectivity index (χ3v) is 6.20. The highest BCUT2D eigenvalue weighted by atomic mass is 19.4. The van der Waals surface area contributed by atoms with E-state index in [-0.39, 0.29) is 17.9 Å². The van der Waals surface area contributed by atoms with Gasteiger partial charge in [0.2, 0.25) is 0 Å². The predicted octanol–water partition coefficient (Wildman–Crippen LogP) is 3.26. The van der Waals surface area contributed by atoms with Crippen LogP contribution in [-0.4, -0.2) is 52.9 Å². The van der Waals surface area contributed by atoms with E-state index >= 15 is 0 Å². The van der Waals surface area contributed by atoms with Gasteiger partial charge in [-0.2, -0.15) is 13.2 Å². The number of aromatic nitrogens is 7. The Balaban J connectivity index is 1.24. The molecule has 184 valence electrons. The molecule has 0 spiro atoms. The molecule has 4 aromatic heterocycles. The van der Waals surface area contributed by atoms with E-state index in [9.17, 15) is 18.0 Å². The molecule has 1 atom stereocenters. The molecule has 0 bridgehead atoms. The lowest BCUT2D eigenvalue weighted by atomic mass is 10.0. The molecular weight excluding hydrogens is 475 g/mol. The summed E-state index contributed by atoms with van der Waals surface area (Å²) in [5, 5.41) is 13.3. The number of nitrogens with zero attached hydrogens (tertiary/aromatic N) is 7. The maximum atomic E-state index is 13.4. The van der Waals surface area contributed by atoms with Crippen molar-refractivity contribution in [2.24, 2.45) is 0 Å². The Kier molecular flexibility index (Phi) is 5.29. The molecule has 10 nitrogen and oxygen atoms in total. The minimum absolute atomic E-state index is 0.0587. The first-order chi connectivity index (χ1) is 17.4. The largest absolute Gasteiger partial charge is 0.409 e. The molecular formula is C23H20F3N9O. The van der Waals surface area contributed by atoms with Gasteiger partial charge in [0.1, 0.15) is 29.6 Å². The van der Waals surface area contributed by atoms with Crippen LogP contribution in [0.15, 0.2) is 49.2 Å². The van der Waals surface area contributed by atoms with Gasteiger partial charge in [0.15, 0.2) is 5.82 Å². The van der Waals surface area contributed by atoms with Gasteiger partial charge in [-0.3, -0.25) is 9.78 Å². The average molecular weight is 495 g/mol. The summed E-state index contributed by atoms with van der Waals surface area (Å²) in [5.41, 5.74) is 1.55. The molecule has 0 saturated heterocycles. The van der Waals surface area contributed by atoms with Gasteiger partial charge in [-0.05, 0) is 37.1 Å². The Morgan fingerprint density at radius 1 is 1.14 bits per heavy atom. The third-order valence-electron chi connectivity index (χ3n) is 6.20. The first-order valence-corrected chi connectivity index (χ1v) is 11.4. The zero-order valence-electron chi connectivity index (χ0n) is 18.8. The van der Waals surface area contributed by atoms with Crippen molar-refractivity contribution < 1.29 is 18.0 Å². The average Bonchev–Trinajstić information content (AvgIpc) is 3.43. The van der Waals surface area contributed by atoms with Gasteiger partial charge in [-0.1, -0.05) is 6.07 Å². The maximum absolute atomic E-state index is 13.4. The number of rotatable bonds is 5. The zero-order chi connectivity index (χ0) is 24.9. The number of halogens is 3. The monoisotopic (exact) mass is 495 g/mol. The highest BCUT2D eigenvalue weighted by molar-refractivity contribution is 6.02. The van der Waals surface area contributed by atoms with Gasteiger partial charge in [-0.25, -0.2) is 9.97 Å². The van der Waals surface area contributed by atoms with Crippen molar-refractivity contribution in [1.29, 1.82) is 0 Å². The Morgan fingerprint density at radius 3 is 2.81 bits per heavy atom. The summed E-state index contributed by atoms with van der Waals surface area (Å²) in [6.45, 7) is 0.164. The molecule has 2 N–H and O–H groups in total. The van der Waals surface area contributed by atoms with Crippen LogP contribution in [0.2, 0.25) is 0 Å². The number of hydrogen-bond donors (Lipinski definition) is 2. The highest BCUT2D eigenvalue weighted by Gasteiger charge is 2.45. The first-order valence-electron chi connectivity index (χ1n) is 11.4. The molecule has 1 amide bonds. The molecule has 1 unspecified atom stereocenters. The maximum Gasteiger partial charge on any atom is 0.409 e. The van der Waals surface area contributed by atoms with Crippen molar-refractivity contribution in [3.05, 3.63) is 66.3 Å². The van der Waals surface area contributed by atoms with Crippen molar-refractivity contribution in [2.75, 3.05) is 11.9 Å². The number of pyridine rings is 2. The second-order valence-corrected chi connectivity index (χ2v) is 8.68. The molecule has 6 rings (SSSR count). The fraction of sp³-hybridized carbons (Fsp3) is 0.304. The van der Waals surface area contributed by atoms with E-state index in [1.54, 1.807) is 35.2 Å². The topological polar surface area (TPSA) is 115 Å². The van der Waals surface area contributed by atoms with Gasteiger partial charge in [0.25, 0.3) is 5.91 Å². The quantitative estimate of drug-likeness (QED) is 0.437. The molecule has 2 aliphatic rings. The Labute approximate surface area is 202 Å². The van der Waals surface area contributed by atoms with Crippen LogP contribution in [0.5, 0.6) is 0 Å². The fourth-order valence-corrected chi connectivity index (χ4v) is 4.35. The summed E-state index contributed by atoms with van der Waals surface area (Å²) >= 11 is 0. The summed E-state index contributed by atoms with van der Waals surface area (Å²) in [7, 11) is 0. The fourth-order valence-electron chi connectivity index (χ4n) is 4.35. The van der Waals surface area contributed by atoms with Gasteiger partial charge in [0, 0.05) is 30.9 Å². The Hall–Kier alpha value is -4.13. The second kappa shape index (κ2) is 8.52. The number of fused-ring (bicyclic) bond motifs is 1. The van der Waals surface area contributed by atoms with Crippen LogP contribution in [0.25, 0.3) is 17.2 Å². The number of carbonyl (C=O) groups excluding carboxylic acids is 1. The van der Waals surface area contributed by atoms with Crippen LogP contribution in [0.1, 0.15) is 46.8 Å². The number of carbonyl (C=O) groups is 1. The minimum Gasteiger partial charge on any atom is -0.309 e. The SMILES string of the molecule is O=C(Nc1cccc(-c2nncn2C2CC2)n1)c1cc(-n2cnc3c2CCNC3C(F)(F)F)ccn1. The minimum atomic E-state index is -4.45. The molecule has 1 aliphatic heterocycles. The van der Waals surface area contributed by atoms with Gasteiger partial charge in [0.05, 0.1) is 17.7 Å². The molecule has 4 aromatic rings. The van der Waals surface area contributed by atoms with E-state index in [0.29, 0.717) is 41.2 Å². The van der Waals surface area contributed by atoms with Crippen molar-refractivity contribution in [3.8, 4) is 17.2 Å². The lowest BCUT2D eigenvalue weighted by Gasteiger charge is -2.26. The van der Waals surface area contributed by atoms with E-state index in [1.807, 2.05) is 4.57 Å². The number of imidazole rings is 1. The molecule has 1 aliphatic carbocycles. The van der Waals surface area contributed by atoms with Crippen LogP contribution in [0.3, 0.4) is 0 Å². The number of nitrogens with one attached hydrogen (secondary N) is 2. The van der Waals surface area contributed by atoms with Gasteiger partial charge >= 0.3 is 6.18 Å². The van der Waals surface area contributed by atoms with Crippen LogP contribution in [-0.2, 0) is 6.42 Å². The smallest absolute Gasteiger partial charge is 0.309 e. The number of hydrogen-bond acceptors (Lipinski definition) is 7. The normalized spacial score (nSPS) is 17.6. The summed E-state index contributed by atoms with van der Waals surface area (Å²) in [6.07, 6.45) is 2.50. The van der Waals surface area contributed by atoms with Crippen molar-refractivity contribution in [2.45, 2.75) is 37.5 Å². The second-order valence-electron chi connectivity index (χ2n) is 8.68. The summed E-state index contributed by atoms with van der Waals surface area (Å²) < 4.78 is 43.7. The third kappa shape index (κ3) is 4.11. The predicted molar refractivity (Wildman–Crippen MR) is 121 cm³/mol. The standard InChI is InChI=1S/C23H20F3N9O/c24-23(25,26)20-19-17(7-9-28-20)34(11-29-19)14-6-8-27-16(10-14)22(36)32-18-3-1-2-15(31-18)21-33-30-12-35(21)13-4-5-13/h1-3,6,8,10-13,20,28H,4-5,7,9H2,(H,31,32,36). The molecule has 0 radical (unpaired) electrons. The highest BCUT2D eigenvalue weighted by Crippen LogP contribution is 2.38. The van der Waals surface area contributed by atoms with Crippen molar-refractivity contribution >= 4 is 11.7 Å². The zero-order valence-corrected chi connectivity index (χ0v) is 18.8. The molecule has 1 fully saturated rings. The van der Waals surface area contributed by atoms with E-state index < -0.39 is 18.1 Å². The Bertz CT molecular complexity index is 1440. The van der Waals surface area contributed by atoms with Crippen LogP contribution in [0, 0.1) is 0 Å². The number of amides is 1. The molecule has 0 aromatic carbocycles. The Morgan fingerprint density at radius 2 is 2.00 bits per heavy atom. The summed E-state index contributed by atoms with van der Waals surface area (Å²) in [5.74, 6) is 0.438. The van der Waals surface area contributed by atoms with E-state index in [4.69, 9.17) is 0 Å². The van der Waals surface area contributed by atoms with Crippen LogP contribution < -0.4 is 10.6 Å². The molecule has 1 saturated carbocycles. The van der Waals surface area contributed by atoms with Gasteiger partial charge < -0.3 is 19.8 Å². The van der Waals surface area contributed by atoms with Crippen LogP contribution >= 0.6 is 0 Å². The summed E-state index contributed by atoms with van der Waals surface area (Å²) in [6, 6.07) is 6.88. The van der Waals surface area contributed by atoms with Crippen LogP contribution in [0.4, 0.5) is 19.0 Å². The molecule has 36 heavy (non-hydrogen) atoms. The summed E-state index contributed by atoms with van der Waals surface area (Å²) in [4.78, 5) is 25.6. The molecule has 5 heterocycles. The number of alkyl halides is 3. The van der Waals surface area contributed by atoms with Gasteiger partial charge in [-0.15, -0.1) is 10.2 Å². The number of anilines is 1. The lowest BCUT2D eigenvalue weighted by molar-refractivity contribution is -0.159. The van der Waals surface area contributed by atoms with E-state index in [0.717, 1.165) is 12.8 Å². The lowest BCUT2D eigenvalue weighted by Crippen LogP contribution is -2.39. The van der Waals surface area contributed by atoms with Crippen molar-refractivity contribution in [3.63, 3.8) is 0 Å². The first kappa shape index (κ1) is 22.3. The van der Waals surface area contributed by atoms with Crippen molar-refractivity contribution in [1.82, 2.24) is 39.6 Å². The molecule has 13 heteroatoms.